The summed E-state index contributed by atoms with van der Waals surface area (Å²) in [5.41, 5.74) is 1.51. The molecule has 0 aliphatic carbocycles. The Balaban J connectivity index is 1.60. The zero-order chi connectivity index (χ0) is 21.5. The lowest BCUT2D eigenvalue weighted by Gasteiger charge is -2.15. The summed E-state index contributed by atoms with van der Waals surface area (Å²) in [5, 5.41) is 3.92. The molecule has 156 valence electrons. The Morgan fingerprint density at radius 1 is 1.17 bits per heavy atom. The first-order valence-electron chi connectivity index (χ1n) is 9.27. The summed E-state index contributed by atoms with van der Waals surface area (Å²) >= 11 is 1.04. The van der Waals surface area contributed by atoms with Crippen LogP contribution in [0.3, 0.4) is 0 Å². The van der Waals surface area contributed by atoms with E-state index in [2.05, 4.69) is 10.1 Å². The number of hydrogen-bond donors (Lipinski definition) is 0. The van der Waals surface area contributed by atoms with E-state index in [-0.39, 0.29) is 28.2 Å². The van der Waals surface area contributed by atoms with Crippen molar-refractivity contribution in [3.05, 3.63) is 64.1 Å². The maximum atomic E-state index is 13.0. The number of sulfonamides is 1. The summed E-state index contributed by atoms with van der Waals surface area (Å²) in [4.78, 5) is 16.5. The van der Waals surface area contributed by atoms with E-state index < -0.39 is 10.0 Å². The van der Waals surface area contributed by atoms with Gasteiger partial charge in [0.1, 0.15) is 0 Å². The van der Waals surface area contributed by atoms with Crippen LogP contribution in [0.2, 0.25) is 0 Å². The zero-order valence-corrected chi connectivity index (χ0v) is 18.3. The van der Waals surface area contributed by atoms with E-state index in [1.165, 1.54) is 19.2 Å². The van der Waals surface area contributed by atoms with Gasteiger partial charge in [0, 0.05) is 18.7 Å². The molecule has 0 N–H and O–H groups in total. The smallest absolute Gasteiger partial charge is 0.308 e. The van der Waals surface area contributed by atoms with Gasteiger partial charge < -0.3 is 4.52 Å². The van der Waals surface area contributed by atoms with Gasteiger partial charge in [-0.15, -0.1) is 0 Å². The molecule has 2 aromatic carbocycles. The fourth-order valence-corrected chi connectivity index (χ4v) is 5.42. The third kappa shape index (κ3) is 3.69. The van der Waals surface area contributed by atoms with E-state index in [4.69, 9.17) is 4.52 Å². The third-order valence-electron chi connectivity index (χ3n) is 4.67. The lowest BCUT2D eigenvalue weighted by Crippen LogP contribution is -2.26. The van der Waals surface area contributed by atoms with Crippen molar-refractivity contribution in [3.63, 3.8) is 0 Å². The number of aromatic nitrogens is 3. The van der Waals surface area contributed by atoms with Crippen LogP contribution in [0.4, 0.5) is 0 Å². The van der Waals surface area contributed by atoms with Crippen LogP contribution >= 0.6 is 11.3 Å². The summed E-state index contributed by atoms with van der Waals surface area (Å²) in [5.74, 6) is 0.592. The minimum absolute atomic E-state index is 0.00674. The van der Waals surface area contributed by atoms with E-state index >= 15 is 0 Å². The van der Waals surface area contributed by atoms with Crippen LogP contribution in [0.5, 0.6) is 0 Å². The van der Waals surface area contributed by atoms with E-state index in [1.54, 1.807) is 10.6 Å². The summed E-state index contributed by atoms with van der Waals surface area (Å²) < 4.78 is 34.7. The molecule has 0 saturated carbocycles. The Morgan fingerprint density at radius 2 is 1.90 bits per heavy atom. The second-order valence-electron chi connectivity index (χ2n) is 7.10. The van der Waals surface area contributed by atoms with Gasteiger partial charge in [-0.3, -0.25) is 9.36 Å². The topological polar surface area (TPSA) is 98.3 Å². The normalized spacial score (nSPS) is 12.3. The number of fused-ring (bicyclic) bond motifs is 1. The number of nitrogens with zero attached hydrogens (tertiary/aromatic N) is 4. The monoisotopic (exact) mass is 444 g/mol. The lowest BCUT2D eigenvalue weighted by molar-refractivity contribution is 0.337. The van der Waals surface area contributed by atoms with E-state index in [0.29, 0.717) is 10.5 Å². The van der Waals surface area contributed by atoms with Crippen molar-refractivity contribution in [2.24, 2.45) is 0 Å². The molecule has 2 heterocycles. The van der Waals surface area contributed by atoms with Gasteiger partial charge in [-0.25, -0.2) is 8.42 Å². The van der Waals surface area contributed by atoms with Crippen molar-refractivity contribution < 1.29 is 12.9 Å². The van der Waals surface area contributed by atoms with Crippen LogP contribution in [-0.2, 0) is 16.6 Å². The quantitative estimate of drug-likeness (QED) is 0.451. The molecule has 30 heavy (non-hydrogen) atoms. The van der Waals surface area contributed by atoms with Crippen LogP contribution in [0, 0.1) is 0 Å². The fraction of sp³-hybridized carbons (Fsp3) is 0.250. The number of benzene rings is 2. The van der Waals surface area contributed by atoms with Gasteiger partial charge in [0.25, 0.3) is 0 Å². The van der Waals surface area contributed by atoms with Crippen LogP contribution in [-0.4, -0.2) is 34.5 Å². The minimum atomic E-state index is -3.81. The van der Waals surface area contributed by atoms with Crippen molar-refractivity contribution in [2.75, 3.05) is 7.05 Å². The molecule has 8 nitrogen and oxygen atoms in total. The Bertz CT molecular complexity index is 1350. The third-order valence-corrected chi connectivity index (χ3v) is 7.38. The molecular weight excluding hydrogens is 424 g/mol. The van der Waals surface area contributed by atoms with Crippen LogP contribution < -0.4 is 4.87 Å². The fourth-order valence-electron chi connectivity index (χ4n) is 3.15. The Hall–Kier alpha value is -2.82. The van der Waals surface area contributed by atoms with Gasteiger partial charge in [0.2, 0.25) is 21.7 Å². The van der Waals surface area contributed by atoms with Crippen molar-refractivity contribution >= 4 is 31.6 Å². The molecular formula is C20H20N4O4S2. The first kappa shape index (κ1) is 20.5. The number of thiazole rings is 1. The highest BCUT2D eigenvalue weighted by Gasteiger charge is 2.24. The molecule has 0 saturated heterocycles. The Kier molecular flexibility index (Phi) is 5.31. The van der Waals surface area contributed by atoms with E-state index in [1.807, 2.05) is 44.2 Å². The molecule has 0 radical (unpaired) electrons. The predicted octanol–water partition coefficient (Wildman–Crippen LogP) is 3.51. The van der Waals surface area contributed by atoms with Gasteiger partial charge in [-0.05, 0) is 32.0 Å². The molecule has 2 aromatic heterocycles. The molecule has 0 aliphatic rings. The van der Waals surface area contributed by atoms with Crippen LogP contribution in [0.1, 0.15) is 25.8 Å². The van der Waals surface area contributed by atoms with Gasteiger partial charge in [0.05, 0.1) is 21.7 Å². The van der Waals surface area contributed by atoms with Gasteiger partial charge in [-0.1, -0.05) is 46.8 Å². The zero-order valence-electron chi connectivity index (χ0n) is 16.6. The Morgan fingerprint density at radius 3 is 2.60 bits per heavy atom. The van der Waals surface area contributed by atoms with Crippen molar-refractivity contribution in [1.82, 2.24) is 19.0 Å². The molecule has 0 atom stereocenters. The van der Waals surface area contributed by atoms with Crippen molar-refractivity contribution in [1.29, 1.82) is 0 Å². The Labute approximate surface area is 177 Å². The molecule has 4 rings (SSSR count). The highest BCUT2D eigenvalue weighted by atomic mass is 32.2. The molecule has 0 amide bonds. The van der Waals surface area contributed by atoms with Gasteiger partial charge >= 0.3 is 4.87 Å². The molecule has 0 unspecified atom stereocenters. The highest BCUT2D eigenvalue weighted by Crippen LogP contribution is 2.26. The highest BCUT2D eigenvalue weighted by molar-refractivity contribution is 7.89. The maximum absolute atomic E-state index is 13.0. The first-order chi connectivity index (χ1) is 14.3. The predicted molar refractivity (Wildman–Crippen MR) is 115 cm³/mol. The molecule has 10 heteroatoms. The average Bonchev–Trinajstić information content (AvgIpc) is 3.31. The molecule has 0 fully saturated rings. The number of rotatable bonds is 6. The van der Waals surface area contributed by atoms with Crippen LogP contribution in [0.15, 0.2) is 62.7 Å². The van der Waals surface area contributed by atoms with Crippen molar-refractivity contribution in [3.8, 4) is 11.4 Å². The molecule has 0 bridgehead atoms. The van der Waals surface area contributed by atoms with E-state index in [0.717, 1.165) is 26.7 Å². The summed E-state index contributed by atoms with van der Waals surface area (Å²) in [6.45, 7) is 3.77. The molecule has 0 aliphatic heterocycles. The van der Waals surface area contributed by atoms with Crippen LogP contribution in [0.25, 0.3) is 21.6 Å². The van der Waals surface area contributed by atoms with Gasteiger partial charge in [-0.2, -0.15) is 9.29 Å². The summed E-state index contributed by atoms with van der Waals surface area (Å²) in [6, 6.07) is 14.0. The molecule has 0 spiro atoms. The second kappa shape index (κ2) is 7.78. The average molecular weight is 445 g/mol. The lowest BCUT2D eigenvalue weighted by atomic mass is 10.2. The van der Waals surface area contributed by atoms with Gasteiger partial charge in [0.15, 0.2) is 0 Å². The standard InChI is InChI=1S/C20H20N4O4S2/c1-13(2)24-16-10-9-15(11-17(16)29-20(24)25)30(26,27)23(3)12-18-21-19(22-28-18)14-7-5-4-6-8-14/h4-11,13H,12H2,1-3H3. The number of hydrogen-bond acceptors (Lipinski definition) is 7. The minimum Gasteiger partial charge on any atom is -0.338 e. The summed E-state index contributed by atoms with van der Waals surface area (Å²) in [7, 11) is -2.35. The maximum Gasteiger partial charge on any atom is 0.308 e. The SMILES string of the molecule is CC(C)n1c(=O)sc2cc(S(=O)(=O)N(C)Cc3nc(-c4ccccc4)no3)ccc21. The van der Waals surface area contributed by atoms with Crippen molar-refractivity contribution in [2.45, 2.75) is 31.3 Å². The summed E-state index contributed by atoms with van der Waals surface area (Å²) in [6.07, 6.45) is 0. The first-order valence-corrected chi connectivity index (χ1v) is 11.5. The van der Waals surface area contributed by atoms with E-state index in [9.17, 15) is 13.2 Å². The second-order valence-corrected chi connectivity index (χ2v) is 10.1. The largest absolute Gasteiger partial charge is 0.338 e. The molecule has 4 aromatic rings.